The fourth-order valence-electron chi connectivity index (χ4n) is 1.72. The number of aliphatic hydroxyl groups is 1. The molecule has 4 nitrogen and oxygen atoms in total. The van der Waals surface area contributed by atoms with Gasteiger partial charge in [0.05, 0.1) is 12.5 Å². The van der Waals surface area contributed by atoms with Gasteiger partial charge in [0.15, 0.2) is 0 Å². The summed E-state index contributed by atoms with van der Waals surface area (Å²) in [5.74, 6) is -0.200. The zero-order valence-electron chi connectivity index (χ0n) is 9.75. The summed E-state index contributed by atoms with van der Waals surface area (Å²) in [4.78, 5) is 11.5. The molecular weight excluding hydrogens is 194 g/mol. The second kappa shape index (κ2) is 4.94. The summed E-state index contributed by atoms with van der Waals surface area (Å²) in [6, 6.07) is 0.0589. The Morgan fingerprint density at radius 1 is 1.53 bits per heavy atom. The number of nitrogens with one attached hydrogen (secondary N) is 1. The van der Waals surface area contributed by atoms with Gasteiger partial charge in [0.2, 0.25) is 0 Å². The third-order valence-corrected chi connectivity index (χ3v) is 2.30. The summed E-state index contributed by atoms with van der Waals surface area (Å²) in [5, 5.41) is 12.6. The highest BCUT2D eigenvalue weighted by Crippen LogP contribution is 2.14. The van der Waals surface area contributed by atoms with Crippen molar-refractivity contribution in [1.29, 1.82) is 0 Å². The average molecular weight is 215 g/mol. The Morgan fingerprint density at radius 2 is 2.20 bits per heavy atom. The minimum absolute atomic E-state index is 0.0589. The van der Waals surface area contributed by atoms with Gasteiger partial charge in [0, 0.05) is 6.04 Å². The fourth-order valence-corrected chi connectivity index (χ4v) is 1.72. The van der Waals surface area contributed by atoms with E-state index >= 15 is 0 Å². The van der Waals surface area contributed by atoms with Crippen molar-refractivity contribution in [2.24, 2.45) is 0 Å². The van der Waals surface area contributed by atoms with E-state index in [2.05, 4.69) is 5.32 Å². The molecule has 0 aromatic carbocycles. The number of rotatable bonds is 2. The van der Waals surface area contributed by atoms with Gasteiger partial charge < -0.3 is 15.2 Å². The van der Waals surface area contributed by atoms with Crippen molar-refractivity contribution in [1.82, 2.24) is 5.32 Å². The molecule has 0 unspecified atom stereocenters. The van der Waals surface area contributed by atoms with E-state index in [1.54, 1.807) is 0 Å². The van der Waals surface area contributed by atoms with Crippen LogP contribution in [0.5, 0.6) is 0 Å². The van der Waals surface area contributed by atoms with Gasteiger partial charge in [-0.25, -0.2) is 0 Å². The highest BCUT2D eigenvalue weighted by Gasteiger charge is 2.24. The lowest BCUT2D eigenvalue weighted by atomic mass is 9.99. The average Bonchev–Trinajstić information content (AvgIpc) is 1.99. The molecule has 88 valence electrons. The van der Waals surface area contributed by atoms with Crippen LogP contribution in [0, 0.1) is 0 Å². The Hall–Kier alpha value is -0.610. The van der Waals surface area contributed by atoms with Gasteiger partial charge in [-0.05, 0) is 40.2 Å². The molecule has 0 radical (unpaired) electrons. The zero-order chi connectivity index (χ0) is 11.5. The lowest BCUT2D eigenvalue weighted by Crippen LogP contribution is -2.42. The molecular formula is C11H21NO3. The highest BCUT2D eigenvalue weighted by molar-refractivity contribution is 5.70. The summed E-state index contributed by atoms with van der Waals surface area (Å²) in [7, 11) is 0. The summed E-state index contributed by atoms with van der Waals surface area (Å²) in [6.07, 6.45) is 1.47. The Kier molecular flexibility index (Phi) is 4.11. The van der Waals surface area contributed by atoms with E-state index in [0.29, 0.717) is 12.8 Å². The van der Waals surface area contributed by atoms with E-state index in [9.17, 15) is 9.90 Å². The molecule has 1 aliphatic heterocycles. The highest BCUT2D eigenvalue weighted by atomic mass is 16.6. The van der Waals surface area contributed by atoms with Crippen LogP contribution in [0.3, 0.4) is 0 Å². The van der Waals surface area contributed by atoms with Crippen LogP contribution in [0.25, 0.3) is 0 Å². The SMILES string of the molecule is CC(C)(C)OC(=O)C[C@H]1C[C@H](O)CCN1. The quantitative estimate of drug-likeness (QED) is 0.670. The first kappa shape index (κ1) is 12.5. The lowest BCUT2D eigenvalue weighted by molar-refractivity contribution is -0.155. The molecule has 0 aliphatic carbocycles. The third kappa shape index (κ3) is 5.14. The van der Waals surface area contributed by atoms with Gasteiger partial charge in [-0.1, -0.05) is 0 Å². The zero-order valence-corrected chi connectivity index (χ0v) is 9.75. The smallest absolute Gasteiger partial charge is 0.307 e. The Bertz CT molecular complexity index is 222. The number of hydrogen-bond donors (Lipinski definition) is 2. The second-order valence-electron chi connectivity index (χ2n) is 5.12. The van der Waals surface area contributed by atoms with Crippen LogP contribution in [0.15, 0.2) is 0 Å². The topological polar surface area (TPSA) is 58.6 Å². The monoisotopic (exact) mass is 215 g/mol. The normalized spacial score (nSPS) is 27.5. The number of aliphatic hydroxyl groups excluding tert-OH is 1. The fraction of sp³-hybridized carbons (Fsp3) is 0.909. The molecule has 0 aromatic heterocycles. The van der Waals surface area contributed by atoms with E-state index in [1.165, 1.54) is 0 Å². The molecule has 0 saturated carbocycles. The van der Waals surface area contributed by atoms with Gasteiger partial charge in [-0.3, -0.25) is 4.79 Å². The van der Waals surface area contributed by atoms with Crippen LogP contribution in [0.4, 0.5) is 0 Å². The summed E-state index contributed by atoms with van der Waals surface area (Å²) in [6.45, 7) is 6.34. The summed E-state index contributed by atoms with van der Waals surface area (Å²) >= 11 is 0. The van der Waals surface area contributed by atoms with Crippen molar-refractivity contribution in [3.63, 3.8) is 0 Å². The summed E-state index contributed by atoms with van der Waals surface area (Å²) < 4.78 is 5.22. The molecule has 1 saturated heterocycles. The molecule has 2 N–H and O–H groups in total. The van der Waals surface area contributed by atoms with Crippen molar-refractivity contribution in [2.75, 3.05) is 6.54 Å². The maximum absolute atomic E-state index is 11.5. The van der Waals surface area contributed by atoms with Gasteiger partial charge >= 0.3 is 5.97 Å². The maximum Gasteiger partial charge on any atom is 0.307 e. The van der Waals surface area contributed by atoms with Crippen molar-refractivity contribution >= 4 is 5.97 Å². The molecule has 1 heterocycles. The Labute approximate surface area is 91.0 Å². The number of carbonyl (C=O) groups excluding carboxylic acids is 1. The van der Waals surface area contributed by atoms with E-state index < -0.39 is 5.60 Å². The van der Waals surface area contributed by atoms with Crippen LogP contribution in [-0.2, 0) is 9.53 Å². The van der Waals surface area contributed by atoms with Crippen LogP contribution < -0.4 is 5.32 Å². The first-order valence-corrected chi connectivity index (χ1v) is 5.50. The molecule has 1 aliphatic rings. The van der Waals surface area contributed by atoms with Gasteiger partial charge in [0.25, 0.3) is 0 Å². The van der Waals surface area contributed by atoms with Gasteiger partial charge in [-0.15, -0.1) is 0 Å². The number of esters is 1. The van der Waals surface area contributed by atoms with E-state index in [1.807, 2.05) is 20.8 Å². The number of carbonyl (C=O) groups is 1. The number of ether oxygens (including phenoxy) is 1. The maximum atomic E-state index is 11.5. The first-order valence-electron chi connectivity index (χ1n) is 5.50. The third-order valence-electron chi connectivity index (χ3n) is 2.30. The van der Waals surface area contributed by atoms with Crippen LogP contribution in [0.2, 0.25) is 0 Å². The van der Waals surface area contributed by atoms with E-state index in [-0.39, 0.29) is 18.1 Å². The number of piperidine rings is 1. The van der Waals surface area contributed by atoms with Crippen molar-refractivity contribution in [3.8, 4) is 0 Å². The summed E-state index contributed by atoms with van der Waals surface area (Å²) in [5.41, 5.74) is -0.426. The van der Waals surface area contributed by atoms with Crippen LogP contribution >= 0.6 is 0 Å². The Morgan fingerprint density at radius 3 is 2.73 bits per heavy atom. The van der Waals surface area contributed by atoms with Crippen LogP contribution in [0.1, 0.15) is 40.0 Å². The van der Waals surface area contributed by atoms with E-state index in [0.717, 1.165) is 13.0 Å². The molecule has 0 aromatic rings. The lowest BCUT2D eigenvalue weighted by Gasteiger charge is -2.28. The second-order valence-corrected chi connectivity index (χ2v) is 5.12. The molecule has 2 atom stereocenters. The molecule has 1 rings (SSSR count). The van der Waals surface area contributed by atoms with Gasteiger partial charge in [0.1, 0.15) is 5.60 Å². The van der Waals surface area contributed by atoms with Crippen molar-refractivity contribution in [3.05, 3.63) is 0 Å². The molecule has 0 bridgehead atoms. The van der Waals surface area contributed by atoms with E-state index in [4.69, 9.17) is 4.74 Å². The standard InChI is InChI=1S/C11H21NO3/c1-11(2,3)15-10(14)7-8-6-9(13)4-5-12-8/h8-9,12-13H,4-7H2,1-3H3/t8-,9-/m1/s1. The molecule has 0 amide bonds. The largest absolute Gasteiger partial charge is 0.460 e. The predicted molar refractivity (Wildman–Crippen MR) is 57.5 cm³/mol. The Balaban J connectivity index is 2.31. The van der Waals surface area contributed by atoms with Crippen molar-refractivity contribution < 1.29 is 14.6 Å². The van der Waals surface area contributed by atoms with Crippen LogP contribution in [-0.4, -0.2) is 35.4 Å². The van der Waals surface area contributed by atoms with Gasteiger partial charge in [-0.2, -0.15) is 0 Å². The minimum atomic E-state index is -0.426. The molecule has 4 heteroatoms. The molecule has 1 fully saturated rings. The minimum Gasteiger partial charge on any atom is -0.460 e. The van der Waals surface area contributed by atoms with Crippen molar-refractivity contribution in [2.45, 2.75) is 57.8 Å². The number of hydrogen-bond acceptors (Lipinski definition) is 4. The molecule has 0 spiro atoms. The molecule has 15 heavy (non-hydrogen) atoms. The predicted octanol–water partition coefficient (Wildman–Crippen LogP) is 0.831. The first-order chi connectivity index (χ1) is 6.87.